The summed E-state index contributed by atoms with van der Waals surface area (Å²) in [6, 6.07) is 6.39. The molecule has 0 radical (unpaired) electrons. The Bertz CT molecular complexity index is 724. The number of halogens is 1. The number of likely N-dealkylation sites (N-methyl/N-ethyl adjacent to an activating group) is 1. The highest BCUT2D eigenvalue weighted by atomic mass is 35.5. The van der Waals surface area contributed by atoms with E-state index in [0.717, 1.165) is 0 Å². The van der Waals surface area contributed by atoms with E-state index in [1.165, 1.54) is 4.57 Å². The van der Waals surface area contributed by atoms with Gasteiger partial charge in [0.25, 0.3) is 5.56 Å². The summed E-state index contributed by atoms with van der Waals surface area (Å²) >= 11 is 6.15. The standard InChI is InChI=1S/C15H18ClN3O2/c1-4-17-14(20)10(3)19-13(9(2)16)18-12-8-6-5-7-11(12)15(19)21/h5-10H,4H2,1-3H3,(H,17,20). The highest BCUT2D eigenvalue weighted by Gasteiger charge is 2.23. The molecule has 0 saturated heterocycles. The van der Waals surface area contributed by atoms with Crippen molar-refractivity contribution >= 4 is 28.4 Å². The number of carbonyl (C=O) groups excluding carboxylic acids is 1. The molecule has 2 atom stereocenters. The highest BCUT2D eigenvalue weighted by Crippen LogP contribution is 2.21. The summed E-state index contributed by atoms with van der Waals surface area (Å²) in [5.74, 6) is 0.175. The van der Waals surface area contributed by atoms with Crippen molar-refractivity contribution in [1.29, 1.82) is 0 Å². The first kappa shape index (κ1) is 15.5. The number of carbonyl (C=O) groups is 1. The molecular formula is C15H18ClN3O2. The zero-order valence-corrected chi connectivity index (χ0v) is 13.0. The first-order chi connectivity index (χ1) is 9.97. The van der Waals surface area contributed by atoms with Crippen LogP contribution in [0.15, 0.2) is 29.1 Å². The molecule has 1 N–H and O–H groups in total. The van der Waals surface area contributed by atoms with Gasteiger partial charge in [0.15, 0.2) is 0 Å². The number of para-hydroxylation sites is 1. The number of hydrogen-bond acceptors (Lipinski definition) is 3. The van der Waals surface area contributed by atoms with Crippen molar-refractivity contribution in [3.63, 3.8) is 0 Å². The van der Waals surface area contributed by atoms with Crippen molar-refractivity contribution in [1.82, 2.24) is 14.9 Å². The summed E-state index contributed by atoms with van der Waals surface area (Å²) in [4.78, 5) is 29.2. The van der Waals surface area contributed by atoms with Crippen LogP contribution in [-0.2, 0) is 4.79 Å². The van der Waals surface area contributed by atoms with E-state index >= 15 is 0 Å². The van der Waals surface area contributed by atoms with Gasteiger partial charge in [0.05, 0.1) is 16.3 Å². The SMILES string of the molecule is CCNC(=O)C(C)n1c(C(C)Cl)nc2ccccc2c1=O. The van der Waals surface area contributed by atoms with E-state index in [2.05, 4.69) is 10.3 Å². The second-order valence-electron chi connectivity index (χ2n) is 4.85. The zero-order valence-electron chi connectivity index (χ0n) is 12.3. The molecule has 1 aromatic heterocycles. The molecule has 21 heavy (non-hydrogen) atoms. The van der Waals surface area contributed by atoms with Gasteiger partial charge in [0, 0.05) is 6.54 Å². The fourth-order valence-electron chi connectivity index (χ4n) is 2.26. The lowest BCUT2D eigenvalue weighted by Crippen LogP contribution is -2.38. The maximum Gasteiger partial charge on any atom is 0.262 e. The second-order valence-corrected chi connectivity index (χ2v) is 5.50. The Morgan fingerprint density at radius 1 is 1.38 bits per heavy atom. The number of amides is 1. The lowest BCUT2D eigenvalue weighted by molar-refractivity contribution is -0.123. The summed E-state index contributed by atoms with van der Waals surface area (Å²) in [5, 5.41) is 2.72. The molecule has 112 valence electrons. The van der Waals surface area contributed by atoms with E-state index in [4.69, 9.17) is 11.6 Å². The van der Waals surface area contributed by atoms with Crippen LogP contribution in [0.5, 0.6) is 0 Å². The van der Waals surface area contributed by atoms with Crippen LogP contribution in [-0.4, -0.2) is 22.0 Å². The van der Waals surface area contributed by atoms with Crippen molar-refractivity contribution in [2.45, 2.75) is 32.2 Å². The van der Waals surface area contributed by atoms with Crippen LogP contribution in [0.3, 0.4) is 0 Å². The van der Waals surface area contributed by atoms with Gasteiger partial charge in [-0.05, 0) is 32.9 Å². The molecule has 0 aliphatic heterocycles. The van der Waals surface area contributed by atoms with Crippen molar-refractivity contribution in [3.8, 4) is 0 Å². The van der Waals surface area contributed by atoms with E-state index in [-0.39, 0.29) is 11.5 Å². The molecule has 1 aromatic carbocycles. The van der Waals surface area contributed by atoms with Crippen LogP contribution < -0.4 is 10.9 Å². The Labute approximate surface area is 127 Å². The third-order valence-electron chi connectivity index (χ3n) is 3.31. The predicted octanol–water partition coefficient (Wildman–Crippen LogP) is 2.39. The summed E-state index contributed by atoms with van der Waals surface area (Å²) < 4.78 is 1.38. The number of fused-ring (bicyclic) bond motifs is 1. The molecule has 0 spiro atoms. The smallest absolute Gasteiger partial charge is 0.262 e. The van der Waals surface area contributed by atoms with Crippen LogP contribution in [0.4, 0.5) is 0 Å². The molecule has 2 unspecified atom stereocenters. The quantitative estimate of drug-likeness (QED) is 0.882. The molecule has 1 amide bonds. The number of alkyl halides is 1. The largest absolute Gasteiger partial charge is 0.355 e. The minimum atomic E-state index is -0.661. The molecule has 0 aliphatic rings. The van der Waals surface area contributed by atoms with Crippen LogP contribution in [0.25, 0.3) is 10.9 Å². The van der Waals surface area contributed by atoms with Crippen molar-refractivity contribution in [2.24, 2.45) is 0 Å². The molecule has 0 aliphatic carbocycles. The van der Waals surface area contributed by atoms with Gasteiger partial charge in [-0.15, -0.1) is 11.6 Å². The lowest BCUT2D eigenvalue weighted by Gasteiger charge is -2.20. The van der Waals surface area contributed by atoms with Crippen LogP contribution in [0.1, 0.15) is 38.0 Å². The summed E-state index contributed by atoms with van der Waals surface area (Å²) in [7, 11) is 0. The third-order valence-corrected chi connectivity index (χ3v) is 3.50. The average Bonchev–Trinajstić information content (AvgIpc) is 2.46. The van der Waals surface area contributed by atoms with Crippen molar-refractivity contribution in [3.05, 3.63) is 40.4 Å². The topological polar surface area (TPSA) is 64.0 Å². The van der Waals surface area contributed by atoms with Crippen LogP contribution >= 0.6 is 11.6 Å². The fourth-order valence-corrected chi connectivity index (χ4v) is 2.41. The van der Waals surface area contributed by atoms with E-state index in [0.29, 0.717) is 23.3 Å². The third kappa shape index (κ3) is 2.93. The first-order valence-electron chi connectivity index (χ1n) is 6.90. The van der Waals surface area contributed by atoms with Crippen LogP contribution in [0, 0.1) is 0 Å². The first-order valence-corrected chi connectivity index (χ1v) is 7.34. The van der Waals surface area contributed by atoms with Gasteiger partial charge in [0.2, 0.25) is 5.91 Å². The van der Waals surface area contributed by atoms with Gasteiger partial charge < -0.3 is 5.32 Å². The molecule has 0 fully saturated rings. The molecule has 0 bridgehead atoms. The molecule has 6 heteroatoms. The van der Waals surface area contributed by atoms with Gasteiger partial charge >= 0.3 is 0 Å². The Kier molecular flexibility index (Phi) is 4.63. The number of nitrogens with zero attached hydrogens (tertiary/aromatic N) is 2. The van der Waals surface area contributed by atoms with Gasteiger partial charge in [-0.3, -0.25) is 14.2 Å². The van der Waals surface area contributed by atoms with E-state index in [9.17, 15) is 9.59 Å². The Morgan fingerprint density at radius 3 is 2.67 bits per heavy atom. The monoisotopic (exact) mass is 307 g/mol. The average molecular weight is 308 g/mol. The molecule has 2 aromatic rings. The van der Waals surface area contributed by atoms with Crippen molar-refractivity contribution in [2.75, 3.05) is 6.54 Å². The summed E-state index contributed by atoms with van der Waals surface area (Å²) in [5.41, 5.74) is 0.339. The molecule has 1 heterocycles. The zero-order chi connectivity index (χ0) is 15.6. The second kappa shape index (κ2) is 6.26. The van der Waals surface area contributed by atoms with Crippen molar-refractivity contribution < 1.29 is 4.79 Å². The van der Waals surface area contributed by atoms with Crippen LogP contribution in [0.2, 0.25) is 0 Å². The molecule has 5 nitrogen and oxygen atoms in total. The normalized spacial score (nSPS) is 13.9. The minimum Gasteiger partial charge on any atom is -0.355 e. The number of aromatic nitrogens is 2. The van der Waals surface area contributed by atoms with Gasteiger partial charge in [-0.25, -0.2) is 4.98 Å². The van der Waals surface area contributed by atoms with E-state index < -0.39 is 11.4 Å². The Balaban J connectivity index is 2.70. The maximum absolute atomic E-state index is 12.7. The molecule has 0 saturated carbocycles. The molecular weight excluding hydrogens is 290 g/mol. The van der Waals surface area contributed by atoms with Gasteiger partial charge in [0.1, 0.15) is 11.9 Å². The number of benzene rings is 1. The summed E-state index contributed by atoms with van der Waals surface area (Å²) in [6.45, 7) is 5.74. The maximum atomic E-state index is 12.7. The number of hydrogen-bond donors (Lipinski definition) is 1. The Morgan fingerprint density at radius 2 is 2.05 bits per heavy atom. The fraction of sp³-hybridized carbons (Fsp3) is 0.400. The number of rotatable bonds is 4. The van der Waals surface area contributed by atoms with E-state index in [1.54, 1.807) is 32.0 Å². The molecule has 2 rings (SSSR count). The highest BCUT2D eigenvalue weighted by molar-refractivity contribution is 6.20. The number of nitrogens with one attached hydrogen (secondary N) is 1. The minimum absolute atomic E-state index is 0.227. The Hall–Kier alpha value is -1.88. The predicted molar refractivity (Wildman–Crippen MR) is 83.7 cm³/mol. The van der Waals surface area contributed by atoms with E-state index in [1.807, 2.05) is 13.0 Å². The van der Waals surface area contributed by atoms with Gasteiger partial charge in [-0.1, -0.05) is 12.1 Å². The lowest BCUT2D eigenvalue weighted by atomic mass is 10.2. The van der Waals surface area contributed by atoms with Gasteiger partial charge in [-0.2, -0.15) is 0 Å². The summed E-state index contributed by atoms with van der Waals surface area (Å²) in [6.07, 6.45) is 0.